The molecule has 0 fully saturated rings. The van der Waals surface area contributed by atoms with Crippen LogP contribution in [0.4, 0.5) is 4.39 Å². The molecule has 1 aromatic rings. The largest absolute Gasteiger partial charge is 0.326 e. The van der Waals surface area contributed by atoms with Crippen LogP contribution in [-0.2, 0) is 0 Å². The first-order chi connectivity index (χ1) is 8.99. The Morgan fingerprint density at radius 1 is 1.26 bits per heavy atom. The minimum Gasteiger partial charge on any atom is -0.326 e. The lowest BCUT2D eigenvalue weighted by atomic mass is 9.95. The molecule has 108 valence electrons. The Morgan fingerprint density at radius 2 is 1.95 bits per heavy atom. The maximum Gasteiger partial charge on any atom is 0.123 e. The summed E-state index contributed by atoms with van der Waals surface area (Å²) in [5.74, 6) is 0.381. The van der Waals surface area contributed by atoms with Gasteiger partial charge in [-0.05, 0) is 36.6 Å². The van der Waals surface area contributed by atoms with Crippen LogP contribution in [0.3, 0.4) is 0 Å². The molecular weight excluding hydrogens is 239 g/mol. The fourth-order valence-electron chi connectivity index (χ4n) is 2.55. The number of nitrogens with two attached hydrogens (primary N) is 1. The van der Waals surface area contributed by atoms with Gasteiger partial charge in [0.1, 0.15) is 5.82 Å². The lowest BCUT2D eigenvalue weighted by Crippen LogP contribution is -2.42. The topological polar surface area (TPSA) is 29.3 Å². The highest BCUT2D eigenvalue weighted by Crippen LogP contribution is 2.26. The van der Waals surface area contributed by atoms with Gasteiger partial charge in [-0.3, -0.25) is 4.90 Å². The molecule has 3 heteroatoms. The van der Waals surface area contributed by atoms with Gasteiger partial charge in [0.05, 0.1) is 0 Å². The molecule has 1 aromatic carbocycles. The molecule has 1 rings (SSSR count). The summed E-state index contributed by atoms with van der Waals surface area (Å²) in [6, 6.07) is 6.96. The number of hydrogen-bond donors (Lipinski definition) is 1. The predicted octanol–water partition coefficient (Wildman–Crippen LogP) is 3.58. The molecular formula is C16H27FN2. The van der Waals surface area contributed by atoms with Crippen LogP contribution in [0.1, 0.15) is 45.7 Å². The van der Waals surface area contributed by atoms with Crippen molar-refractivity contribution < 1.29 is 4.39 Å². The molecule has 2 N–H and O–H groups in total. The van der Waals surface area contributed by atoms with Crippen LogP contribution < -0.4 is 5.73 Å². The Labute approximate surface area is 116 Å². The average molecular weight is 266 g/mol. The summed E-state index contributed by atoms with van der Waals surface area (Å²) in [5, 5.41) is 0. The van der Waals surface area contributed by atoms with Gasteiger partial charge < -0.3 is 5.73 Å². The smallest absolute Gasteiger partial charge is 0.123 e. The molecule has 0 aliphatic rings. The number of likely N-dealkylation sites (N-methyl/N-ethyl adjacent to an activating group) is 1. The number of benzene rings is 1. The Bertz CT molecular complexity index is 379. The molecule has 0 spiro atoms. The van der Waals surface area contributed by atoms with Crippen LogP contribution in [0.5, 0.6) is 0 Å². The van der Waals surface area contributed by atoms with E-state index in [1.807, 2.05) is 6.07 Å². The first-order valence-electron chi connectivity index (χ1n) is 7.24. The molecule has 0 aliphatic heterocycles. The summed E-state index contributed by atoms with van der Waals surface area (Å²) in [6.07, 6.45) is 0.885. The zero-order valence-electron chi connectivity index (χ0n) is 12.6. The molecule has 0 bridgehead atoms. The van der Waals surface area contributed by atoms with Gasteiger partial charge in [0.2, 0.25) is 0 Å². The lowest BCUT2D eigenvalue weighted by Gasteiger charge is -2.36. The maximum absolute atomic E-state index is 13.5. The van der Waals surface area contributed by atoms with Crippen molar-refractivity contribution in [3.63, 3.8) is 0 Å². The van der Waals surface area contributed by atoms with E-state index in [4.69, 9.17) is 5.73 Å². The van der Waals surface area contributed by atoms with Gasteiger partial charge in [-0.15, -0.1) is 0 Å². The maximum atomic E-state index is 13.5. The Balaban J connectivity index is 3.05. The second-order valence-electron chi connectivity index (χ2n) is 5.55. The molecule has 0 aromatic heterocycles. The van der Waals surface area contributed by atoms with Gasteiger partial charge in [-0.25, -0.2) is 4.39 Å². The number of nitrogens with zero attached hydrogens (tertiary/aromatic N) is 1. The third-order valence-electron chi connectivity index (χ3n) is 3.47. The summed E-state index contributed by atoms with van der Waals surface area (Å²) in [6.45, 7) is 10.5. The van der Waals surface area contributed by atoms with Gasteiger partial charge in [0.25, 0.3) is 0 Å². The average Bonchev–Trinajstić information content (AvgIpc) is 2.37. The fourth-order valence-corrected chi connectivity index (χ4v) is 2.55. The van der Waals surface area contributed by atoms with Crippen molar-refractivity contribution >= 4 is 0 Å². The molecule has 19 heavy (non-hydrogen) atoms. The molecule has 2 unspecified atom stereocenters. The number of rotatable bonds is 7. The van der Waals surface area contributed by atoms with Crippen LogP contribution >= 0.6 is 0 Å². The monoisotopic (exact) mass is 266 g/mol. The van der Waals surface area contributed by atoms with Crippen LogP contribution in [0, 0.1) is 11.7 Å². The van der Waals surface area contributed by atoms with Crippen molar-refractivity contribution in [3.8, 4) is 0 Å². The predicted molar refractivity (Wildman–Crippen MR) is 79.5 cm³/mol. The van der Waals surface area contributed by atoms with E-state index in [1.165, 1.54) is 6.07 Å². The minimum absolute atomic E-state index is 0.0282. The van der Waals surface area contributed by atoms with Gasteiger partial charge in [0.15, 0.2) is 0 Å². The zero-order valence-corrected chi connectivity index (χ0v) is 12.6. The van der Waals surface area contributed by atoms with Gasteiger partial charge in [0, 0.05) is 18.6 Å². The van der Waals surface area contributed by atoms with Gasteiger partial charge in [-0.2, -0.15) is 0 Å². The summed E-state index contributed by atoms with van der Waals surface area (Å²) in [7, 11) is 0. The van der Waals surface area contributed by atoms with Crippen molar-refractivity contribution in [2.24, 2.45) is 11.7 Å². The minimum atomic E-state index is -0.189. The quantitative estimate of drug-likeness (QED) is 0.817. The van der Waals surface area contributed by atoms with E-state index in [-0.39, 0.29) is 17.9 Å². The summed E-state index contributed by atoms with van der Waals surface area (Å²) < 4.78 is 13.5. The third kappa shape index (κ3) is 4.59. The number of hydrogen-bond acceptors (Lipinski definition) is 2. The zero-order chi connectivity index (χ0) is 14.4. The molecule has 2 atom stereocenters. The highest BCUT2D eigenvalue weighted by molar-refractivity contribution is 5.22. The fraction of sp³-hybridized carbons (Fsp3) is 0.625. The molecule has 0 radical (unpaired) electrons. The van der Waals surface area contributed by atoms with Crippen LogP contribution in [0.25, 0.3) is 0 Å². The molecule has 0 saturated heterocycles. The summed E-state index contributed by atoms with van der Waals surface area (Å²) in [5.41, 5.74) is 7.27. The van der Waals surface area contributed by atoms with Crippen LogP contribution in [0.2, 0.25) is 0 Å². The Morgan fingerprint density at radius 3 is 2.42 bits per heavy atom. The Kier molecular flexibility index (Phi) is 6.46. The normalized spacial score (nSPS) is 14.9. The molecule has 0 heterocycles. The van der Waals surface area contributed by atoms with Crippen molar-refractivity contribution in [1.29, 1.82) is 0 Å². The second-order valence-corrected chi connectivity index (χ2v) is 5.55. The van der Waals surface area contributed by atoms with E-state index in [2.05, 4.69) is 32.6 Å². The van der Waals surface area contributed by atoms with E-state index in [0.29, 0.717) is 5.92 Å². The Hall–Kier alpha value is -0.930. The standard InChI is InChI=1S/C16H27FN2/c1-5-15(18)16(19(6-2)11-12(3)4)13-8-7-9-14(17)10-13/h7-10,12,15-16H,5-6,11,18H2,1-4H3. The molecule has 2 nitrogen and oxygen atoms in total. The van der Waals surface area contributed by atoms with E-state index < -0.39 is 0 Å². The highest BCUT2D eigenvalue weighted by Gasteiger charge is 2.25. The van der Waals surface area contributed by atoms with Crippen molar-refractivity contribution in [1.82, 2.24) is 4.90 Å². The molecule has 0 aliphatic carbocycles. The van der Waals surface area contributed by atoms with Gasteiger partial charge >= 0.3 is 0 Å². The van der Waals surface area contributed by atoms with Crippen molar-refractivity contribution in [3.05, 3.63) is 35.6 Å². The van der Waals surface area contributed by atoms with Crippen LogP contribution in [-0.4, -0.2) is 24.0 Å². The van der Waals surface area contributed by atoms with E-state index >= 15 is 0 Å². The van der Waals surface area contributed by atoms with Gasteiger partial charge in [-0.1, -0.05) is 39.8 Å². The first kappa shape index (κ1) is 16.1. The highest BCUT2D eigenvalue weighted by atomic mass is 19.1. The SMILES string of the molecule is CCC(N)C(c1cccc(F)c1)N(CC)CC(C)C. The summed E-state index contributed by atoms with van der Waals surface area (Å²) >= 11 is 0. The molecule has 0 saturated carbocycles. The third-order valence-corrected chi connectivity index (χ3v) is 3.47. The van der Waals surface area contributed by atoms with E-state index in [0.717, 1.165) is 25.1 Å². The molecule has 0 amide bonds. The van der Waals surface area contributed by atoms with E-state index in [1.54, 1.807) is 12.1 Å². The lowest BCUT2D eigenvalue weighted by molar-refractivity contribution is 0.159. The first-order valence-corrected chi connectivity index (χ1v) is 7.24. The van der Waals surface area contributed by atoms with Crippen LogP contribution in [0.15, 0.2) is 24.3 Å². The van der Waals surface area contributed by atoms with E-state index in [9.17, 15) is 4.39 Å². The number of halogens is 1. The summed E-state index contributed by atoms with van der Waals surface area (Å²) in [4.78, 5) is 2.35. The van der Waals surface area contributed by atoms with Crippen molar-refractivity contribution in [2.75, 3.05) is 13.1 Å². The van der Waals surface area contributed by atoms with Crippen molar-refractivity contribution in [2.45, 2.75) is 46.2 Å². The second kappa shape index (κ2) is 7.61.